The zero-order valence-electron chi connectivity index (χ0n) is 11.9. The Bertz CT molecular complexity index is 368. The molecule has 0 radical (unpaired) electrons. The zero-order chi connectivity index (χ0) is 14.1. The molecule has 0 aliphatic heterocycles. The van der Waals surface area contributed by atoms with Crippen molar-refractivity contribution in [2.24, 2.45) is 0 Å². The predicted octanol–water partition coefficient (Wildman–Crippen LogP) is 4.69. The second-order valence-corrected chi connectivity index (χ2v) is 5.22. The number of thiol groups is 1. The maximum atomic E-state index is 12.3. The third kappa shape index (κ3) is 4.00. The number of hydrogen-bond acceptors (Lipinski definition) is 3. The van der Waals surface area contributed by atoms with Gasteiger partial charge in [-0.25, -0.2) is 0 Å². The number of hydrogen-bond donors (Lipinski definition) is 1. The molecule has 1 aromatic rings. The molecular formula is C16H24O2S. The Balaban J connectivity index is 3.13. The molecule has 0 aliphatic carbocycles. The van der Waals surface area contributed by atoms with Gasteiger partial charge in [0.25, 0.3) is 0 Å². The minimum absolute atomic E-state index is 0.219. The standard InChI is InChI=1S/C16H24O2S/c1-3-5-12-16(13-6-4-2,15(17)18-19)14-10-8-7-9-11-14/h7-11,19H,3-6,12-13H2,1-2H3. The third-order valence-corrected chi connectivity index (χ3v) is 3.88. The molecule has 0 saturated heterocycles. The Labute approximate surface area is 122 Å². The van der Waals surface area contributed by atoms with Crippen molar-refractivity contribution in [1.82, 2.24) is 0 Å². The van der Waals surface area contributed by atoms with E-state index in [1.54, 1.807) is 0 Å². The first kappa shape index (κ1) is 16.1. The molecule has 0 N–H and O–H groups in total. The van der Waals surface area contributed by atoms with Crippen LogP contribution in [0, 0.1) is 0 Å². The van der Waals surface area contributed by atoms with Crippen LogP contribution in [0.2, 0.25) is 0 Å². The molecule has 0 atom stereocenters. The van der Waals surface area contributed by atoms with Gasteiger partial charge in [0.15, 0.2) is 0 Å². The van der Waals surface area contributed by atoms with Gasteiger partial charge in [-0.3, -0.25) is 4.79 Å². The summed E-state index contributed by atoms with van der Waals surface area (Å²) < 4.78 is 4.82. The molecule has 19 heavy (non-hydrogen) atoms. The van der Waals surface area contributed by atoms with E-state index in [-0.39, 0.29) is 5.97 Å². The van der Waals surface area contributed by atoms with E-state index < -0.39 is 5.41 Å². The Morgan fingerprint density at radius 3 is 2.05 bits per heavy atom. The highest BCUT2D eigenvalue weighted by Crippen LogP contribution is 2.37. The first-order valence-corrected chi connectivity index (χ1v) is 7.49. The van der Waals surface area contributed by atoms with Crippen molar-refractivity contribution in [2.45, 2.75) is 57.8 Å². The average molecular weight is 280 g/mol. The molecule has 0 fully saturated rings. The molecule has 0 spiro atoms. The minimum atomic E-state index is -0.533. The van der Waals surface area contributed by atoms with Gasteiger partial charge in [-0.05, 0) is 18.4 Å². The molecule has 106 valence electrons. The monoisotopic (exact) mass is 280 g/mol. The Morgan fingerprint density at radius 2 is 1.63 bits per heavy atom. The second-order valence-electron chi connectivity index (χ2n) is 5.03. The van der Waals surface area contributed by atoms with Gasteiger partial charge in [0.1, 0.15) is 0 Å². The molecule has 2 nitrogen and oxygen atoms in total. The molecule has 1 rings (SSSR count). The predicted molar refractivity (Wildman–Crippen MR) is 82.2 cm³/mol. The summed E-state index contributed by atoms with van der Waals surface area (Å²) in [7, 11) is 0. The van der Waals surface area contributed by atoms with Crippen LogP contribution in [0.3, 0.4) is 0 Å². The summed E-state index contributed by atoms with van der Waals surface area (Å²) in [6, 6.07) is 9.98. The van der Waals surface area contributed by atoms with Gasteiger partial charge in [-0.2, -0.15) is 0 Å². The summed E-state index contributed by atoms with van der Waals surface area (Å²) in [5.41, 5.74) is 0.519. The van der Waals surface area contributed by atoms with Gasteiger partial charge in [-0.15, -0.1) is 0 Å². The van der Waals surface area contributed by atoms with Crippen LogP contribution in [0.4, 0.5) is 0 Å². The van der Waals surface area contributed by atoms with E-state index in [2.05, 4.69) is 26.8 Å². The lowest BCUT2D eigenvalue weighted by Crippen LogP contribution is -2.36. The van der Waals surface area contributed by atoms with Crippen LogP contribution < -0.4 is 0 Å². The summed E-state index contributed by atoms with van der Waals surface area (Å²) in [5, 5.41) is 0. The van der Waals surface area contributed by atoms with Crippen molar-refractivity contribution in [3.63, 3.8) is 0 Å². The van der Waals surface area contributed by atoms with Crippen LogP contribution in [0.1, 0.15) is 57.9 Å². The maximum absolute atomic E-state index is 12.3. The molecule has 0 aromatic heterocycles. The molecule has 0 amide bonds. The van der Waals surface area contributed by atoms with Crippen molar-refractivity contribution >= 4 is 18.9 Å². The van der Waals surface area contributed by atoms with Crippen molar-refractivity contribution in [1.29, 1.82) is 0 Å². The van der Waals surface area contributed by atoms with Gasteiger partial charge in [0.05, 0.1) is 5.41 Å². The lowest BCUT2D eigenvalue weighted by molar-refractivity contribution is -0.140. The highest BCUT2D eigenvalue weighted by atomic mass is 32.1. The van der Waals surface area contributed by atoms with Crippen LogP contribution in [-0.4, -0.2) is 5.97 Å². The Kier molecular flexibility index (Phi) is 7.00. The normalized spacial score (nSPS) is 11.3. The highest BCUT2D eigenvalue weighted by molar-refractivity contribution is 7.75. The average Bonchev–Trinajstić information content (AvgIpc) is 2.48. The molecule has 3 heteroatoms. The summed E-state index contributed by atoms with van der Waals surface area (Å²) in [6.07, 6.45) is 5.82. The smallest absolute Gasteiger partial charge is 0.328 e. The van der Waals surface area contributed by atoms with Crippen LogP contribution in [0.5, 0.6) is 0 Å². The summed E-state index contributed by atoms with van der Waals surface area (Å²) in [5.74, 6) is -0.219. The number of unbranched alkanes of at least 4 members (excludes halogenated alkanes) is 2. The van der Waals surface area contributed by atoms with Gasteiger partial charge >= 0.3 is 5.97 Å². The molecule has 0 heterocycles. The van der Waals surface area contributed by atoms with Crippen LogP contribution in [0.25, 0.3) is 0 Å². The van der Waals surface area contributed by atoms with E-state index in [1.165, 1.54) is 0 Å². The van der Waals surface area contributed by atoms with Crippen LogP contribution >= 0.6 is 12.9 Å². The van der Waals surface area contributed by atoms with Gasteiger partial charge in [0, 0.05) is 12.9 Å². The summed E-state index contributed by atoms with van der Waals surface area (Å²) >= 11 is 3.75. The van der Waals surface area contributed by atoms with Crippen LogP contribution in [0.15, 0.2) is 30.3 Å². The van der Waals surface area contributed by atoms with E-state index in [1.807, 2.05) is 30.3 Å². The first-order valence-electron chi connectivity index (χ1n) is 7.12. The fourth-order valence-corrected chi connectivity index (χ4v) is 2.71. The topological polar surface area (TPSA) is 26.3 Å². The summed E-state index contributed by atoms with van der Waals surface area (Å²) in [4.78, 5) is 12.3. The largest absolute Gasteiger partial charge is 0.394 e. The number of carbonyl (C=O) groups is 1. The second kappa shape index (κ2) is 8.26. The lowest BCUT2D eigenvalue weighted by atomic mass is 9.73. The van der Waals surface area contributed by atoms with Gasteiger partial charge < -0.3 is 4.18 Å². The van der Waals surface area contributed by atoms with Gasteiger partial charge in [0.2, 0.25) is 0 Å². The van der Waals surface area contributed by atoms with Crippen LogP contribution in [-0.2, 0) is 14.4 Å². The van der Waals surface area contributed by atoms with Crippen molar-refractivity contribution < 1.29 is 8.98 Å². The van der Waals surface area contributed by atoms with E-state index in [0.717, 1.165) is 44.1 Å². The van der Waals surface area contributed by atoms with E-state index in [4.69, 9.17) is 4.18 Å². The number of benzene rings is 1. The third-order valence-electron chi connectivity index (χ3n) is 3.71. The molecular weight excluding hydrogens is 256 g/mol. The molecule has 0 saturated carbocycles. The molecule has 0 bridgehead atoms. The Hall–Kier alpha value is -0.960. The molecule has 1 aromatic carbocycles. The summed E-state index contributed by atoms with van der Waals surface area (Å²) in [6.45, 7) is 4.28. The van der Waals surface area contributed by atoms with E-state index >= 15 is 0 Å². The SMILES string of the molecule is CCCCC(CCCC)(C(=O)OS)c1ccccc1. The first-order chi connectivity index (χ1) is 9.21. The fourth-order valence-electron chi connectivity index (χ4n) is 2.54. The van der Waals surface area contributed by atoms with Gasteiger partial charge in [-0.1, -0.05) is 69.9 Å². The highest BCUT2D eigenvalue weighted by Gasteiger charge is 2.40. The zero-order valence-corrected chi connectivity index (χ0v) is 12.8. The molecule has 0 unspecified atom stereocenters. The van der Waals surface area contributed by atoms with Crippen molar-refractivity contribution in [3.05, 3.63) is 35.9 Å². The van der Waals surface area contributed by atoms with E-state index in [0.29, 0.717) is 0 Å². The van der Waals surface area contributed by atoms with E-state index in [9.17, 15) is 4.79 Å². The lowest BCUT2D eigenvalue weighted by Gasteiger charge is -2.31. The number of carbonyl (C=O) groups excluding carboxylic acids is 1. The van der Waals surface area contributed by atoms with Crippen molar-refractivity contribution in [2.75, 3.05) is 0 Å². The quantitative estimate of drug-likeness (QED) is 0.552. The van der Waals surface area contributed by atoms with Crippen molar-refractivity contribution in [3.8, 4) is 0 Å². The maximum Gasteiger partial charge on any atom is 0.328 e. The number of rotatable bonds is 8. The fraction of sp³-hybridized carbons (Fsp3) is 0.562. The molecule has 0 aliphatic rings. The minimum Gasteiger partial charge on any atom is -0.394 e. The Morgan fingerprint density at radius 1 is 1.11 bits per heavy atom.